The molecule has 4 heteroatoms. The lowest BCUT2D eigenvalue weighted by molar-refractivity contribution is 0.243. The fraction of sp³-hybridized carbons (Fsp3) is 0.625. The van der Waals surface area contributed by atoms with Crippen LogP contribution in [0, 0.1) is 0 Å². The molecular formula is C8H14N2OS. The Kier molecular flexibility index (Phi) is 3.65. The third kappa shape index (κ3) is 2.55. The van der Waals surface area contributed by atoms with Crippen molar-refractivity contribution in [3.8, 4) is 0 Å². The maximum atomic E-state index is 8.81. The summed E-state index contributed by atoms with van der Waals surface area (Å²) in [5.74, 6) is 0. The van der Waals surface area contributed by atoms with Gasteiger partial charge in [-0.3, -0.25) is 4.98 Å². The first-order valence-electron chi connectivity index (χ1n) is 3.99. The minimum absolute atomic E-state index is 0.141. The van der Waals surface area contributed by atoms with Gasteiger partial charge in [0.1, 0.15) is 0 Å². The van der Waals surface area contributed by atoms with Crippen LogP contribution >= 0.6 is 11.3 Å². The summed E-state index contributed by atoms with van der Waals surface area (Å²) in [4.78, 5) is 5.20. The fourth-order valence-corrected chi connectivity index (χ4v) is 1.64. The Hall–Kier alpha value is -0.450. The molecule has 2 N–H and O–H groups in total. The lowest BCUT2D eigenvalue weighted by atomic mass is 10.2. The van der Waals surface area contributed by atoms with Gasteiger partial charge in [-0.25, -0.2) is 0 Å². The summed E-state index contributed by atoms with van der Waals surface area (Å²) in [6.07, 6.45) is 1.85. The topological polar surface area (TPSA) is 45.1 Å². The van der Waals surface area contributed by atoms with E-state index in [4.69, 9.17) is 5.11 Å². The van der Waals surface area contributed by atoms with Gasteiger partial charge in [0, 0.05) is 23.2 Å². The summed E-state index contributed by atoms with van der Waals surface area (Å²) in [6, 6.07) is 0.418. The van der Waals surface area contributed by atoms with Crippen molar-refractivity contribution >= 4 is 11.3 Å². The number of hydrogen-bond donors (Lipinski definition) is 2. The molecule has 0 spiro atoms. The molecule has 68 valence electrons. The molecule has 0 bridgehead atoms. The van der Waals surface area contributed by atoms with E-state index in [-0.39, 0.29) is 18.7 Å². The van der Waals surface area contributed by atoms with E-state index in [1.54, 1.807) is 11.3 Å². The van der Waals surface area contributed by atoms with Crippen molar-refractivity contribution in [1.82, 2.24) is 10.3 Å². The first kappa shape index (κ1) is 9.64. The highest BCUT2D eigenvalue weighted by Crippen LogP contribution is 2.16. The van der Waals surface area contributed by atoms with E-state index >= 15 is 0 Å². The van der Waals surface area contributed by atoms with Gasteiger partial charge in [-0.2, -0.15) is 0 Å². The molecule has 0 radical (unpaired) electrons. The summed E-state index contributed by atoms with van der Waals surface area (Å²) >= 11 is 1.63. The Morgan fingerprint density at radius 2 is 2.42 bits per heavy atom. The highest BCUT2D eigenvalue weighted by molar-refractivity contribution is 7.09. The highest BCUT2D eigenvalue weighted by Gasteiger charge is 2.09. The van der Waals surface area contributed by atoms with Gasteiger partial charge < -0.3 is 10.4 Å². The predicted molar refractivity (Wildman–Crippen MR) is 50.2 cm³/mol. The molecule has 3 nitrogen and oxygen atoms in total. The molecule has 0 fully saturated rings. The normalized spacial score (nSPS) is 15.9. The number of thiazole rings is 1. The smallest absolute Gasteiger partial charge is 0.0794 e. The van der Waals surface area contributed by atoms with E-state index < -0.39 is 0 Å². The zero-order chi connectivity index (χ0) is 8.97. The van der Waals surface area contributed by atoms with E-state index in [9.17, 15) is 0 Å². The Balaban J connectivity index is 2.44. The fourth-order valence-electron chi connectivity index (χ4n) is 1.00. The van der Waals surface area contributed by atoms with Crippen LogP contribution in [-0.4, -0.2) is 22.7 Å². The molecule has 0 aliphatic carbocycles. The van der Waals surface area contributed by atoms with Crippen LogP contribution in [0.15, 0.2) is 11.7 Å². The van der Waals surface area contributed by atoms with E-state index in [2.05, 4.69) is 17.2 Å². The minimum Gasteiger partial charge on any atom is -0.395 e. The molecule has 1 rings (SSSR count). The molecule has 0 saturated heterocycles. The maximum Gasteiger partial charge on any atom is 0.0794 e. The Labute approximate surface area is 76.5 Å². The molecular weight excluding hydrogens is 172 g/mol. The monoisotopic (exact) mass is 186 g/mol. The number of nitrogens with zero attached hydrogens (tertiary/aromatic N) is 1. The van der Waals surface area contributed by atoms with Crippen molar-refractivity contribution in [2.24, 2.45) is 0 Å². The van der Waals surface area contributed by atoms with Gasteiger partial charge in [-0.15, -0.1) is 11.3 Å². The van der Waals surface area contributed by atoms with E-state index in [0.717, 1.165) is 0 Å². The van der Waals surface area contributed by atoms with E-state index in [1.165, 1.54) is 4.88 Å². The zero-order valence-corrected chi connectivity index (χ0v) is 8.14. The molecule has 1 heterocycles. The van der Waals surface area contributed by atoms with Crippen molar-refractivity contribution in [3.63, 3.8) is 0 Å². The van der Waals surface area contributed by atoms with Gasteiger partial charge in [0.05, 0.1) is 12.1 Å². The zero-order valence-electron chi connectivity index (χ0n) is 7.32. The van der Waals surface area contributed by atoms with Gasteiger partial charge in [0.15, 0.2) is 0 Å². The molecule has 0 aliphatic rings. The van der Waals surface area contributed by atoms with Crippen molar-refractivity contribution in [1.29, 1.82) is 0 Å². The second-order valence-electron chi connectivity index (χ2n) is 2.88. The van der Waals surface area contributed by atoms with Gasteiger partial charge in [-0.05, 0) is 13.8 Å². The second-order valence-corrected chi connectivity index (χ2v) is 3.79. The summed E-state index contributed by atoms with van der Waals surface area (Å²) in [7, 11) is 0. The molecule has 0 amide bonds. The quantitative estimate of drug-likeness (QED) is 0.742. The van der Waals surface area contributed by atoms with Crippen LogP contribution in [0.25, 0.3) is 0 Å². The van der Waals surface area contributed by atoms with Gasteiger partial charge in [0.2, 0.25) is 0 Å². The van der Waals surface area contributed by atoms with Gasteiger partial charge in [-0.1, -0.05) is 0 Å². The van der Waals surface area contributed by atoms with Crippen LogP contribution in [0.2, 0.25) is 0 Å². The Morgan fingerprint density at radius 3 is 2.92 bits per heavy atom. The van der Waals surface area contributed by atoms with Crippen LogP contribution in [-0.2, 0) is 0 Å². The van der Waals surface area contributed by atoms with Crippen molar-refractivity contribution in [2.45, 2.75) is 25.9 Å². The van der Waals surface area contributed by atoms with Crippen LogP contribution in [0.1, 0.15) is 24.8 Å². The van der Waals surface area contributed by atoms with Crippen molar-refractivity contribution < 1.29 is 5.11 Å². The summed E-state index contributed by atoms with van der Waals surface area (Å²) in [5.41, 5.74) is 1.82. The Morgan fingerprint density at radius 1 is 1.67 bits per heavy atom. The largest absolute Gasteiger partial charge is 0.395 e. The summed E-state index contributed by atoms with van der Waals surface area (Å²) < 4.78 is 0. The van der Waals surface area contributed by atoms with Crippen LogP contribution in [0.5, 0.6) is 0 Å². The molecule has 12 heavy (non-hydrogen) atoms. The first-order valence-corrected chi connectivity index (χ1v) is 4.87. The first-order chi connectivity index (χ1) is 5.74. The molecule has 0 aliphatic heterocycles. The number of hydrogen-bond acceptors (Lipinski definition) is 4. The SMILES string of the molecule is CC(CO)NC(C)c1cncs1. The second kappa shape index (κ2) is 4.54. The van der Waals surface area contributed by atoms with E-state index in [1.807, 2.05) is 18.6 Å². The minimum atomic E-state index is 0.141. The van der Waals surface area contributed by atoms with Crippen molar-refractivity contribution in [2.75, 3.05) is 6.61 Å². The number of aromatic nitrogens is 1. The van der Waals surface area contributed by atoms with Crippen LogP contribution < -0.4 is 5.32 Å². The standard InChI is InChI=1S/C8H14N2OS/c1-6(4-11)10-7(2)8-3-9-5-12-8/h3,5-7,10-11H,4H2,1-2H3. The molecule has 0 saturated carbocycles. The third-order valence-corrected chi connectivity index (χ3v) is 2.64. The van der Waals surface area contributed by atoms with E-state index in [0.29, 0.717) is 0 Å². The van der Waals surface area contributed by atoms with Gasteiger partial charge in [0.25, 0.3) is 0 Å². The average molecular weight is 186 g/mol. The van der Waals surface area contributed by atoms with Gasteiger partial charge >= 0.3 is 0 Å². The number of rotatable bonds is 4. The lowest BCUT2D eigenvalue weighted by Gasteiger charge is -2.16. The molecule has 2 atom stereocenters. The summed E-state index contributed by atoms with van der Waals surface area (Å²) in [6.45, 7) is 4.19. The highest BCUT2D eigenvalue weighted by atomic mass is 32.1. The molecule has 1 aromatic rings. The molecule has 2 unspecified atom stereocenters. The van der Waals surface area contributed by atoms with Crippen molar-refractivity contribution in [3.05, 3.63) is 16.6 Å². The number of nitrogens with one attached hydrogen (secondary N) is 1. The number of aliphatic hydroxyl groups excluding tert-OH is 1. The molecule has 0 aromatic carbocycles. The maximum absolute atomic E-state index is 8.81. The predicted octanol–water partition coefficient (Wildman–Crippen LogP) is 1.17. The summed E-state index contributed by atoms with van der Waals surface area (Å²) in [5, 5.41) is 12.1. The number of aliphatic hydroxyl groups is 1. The molecule has 1 aromatic heterocycles. The average Bonchev–Trinajstić information content (AvgIpc) is 2.56. The Bertz CT molecular complexity index is 213. The van der Waals surface area contributed by atoms with Crippen LogP contribution in [0.3, 0.4) is 0 Å². The third-order valence-electron chi connectivity index (χ3n) is 1.69. The van der Waals surface area contributed by atoms with Crippen LogP contribution in [0.4, 0.5) is 0 Å². The lowest BCUT2D eigenvalue weighted by Crippen LogP contribution is -2.31.